The van der Waals surface area contributed by atoms with Crippen LogP contribution in [0.5, 0.6) is 11.5 Å². The van der Waals surface area contributed by atoms with Gasteiger partial charge in [-0.2, -0.15) is 0 Å². The van der Waals surface area contributed by atoms with Gasteiger partial charge < -0.3 is 19.5 Å². The molecule has 0 spiro atoms. The highest BCUT2D eigenvalue weighted by molar-refractivity contribution is 8.00. The Morgan fingerprint density at radius 1 is 1.10 bits per heavy atom. The predicted molar refractivity (Wildman–Crippen MR) is 108 cm³/mol. The topological polar surface area (TPSA) is 90.9 Å². The zero-order valence-electron chi connectivity index (χ0n) is 16.1. The number of ether oxygens (including phenoxy) is 3. The molecular weight excluding hydrogens is 394 g/mol. The Balaban J connectivity index is 1.59. The van der Waals surface area contributed by atoms with Gasteiger partial charge >= 0.3 is 5.97 Å². The molecule has 8 heteroatoms. The van der Waals surface area contributed by atoms with Crippen molar-refractivity contribution in [1.29, 1.82) is 0 Å². The number of hydrogen-bond donors (Lipinski definition) is 1. The molecule has 0 saturated heterocycles. The number of Topliss-reactive ketones (excluding diaryl/α,β-unsaturated/α-hetero) is 1. The Morgan fingerprint density at radius 2 is 1.86 bits per heavy atom. The highest BCUT2D eigenvalue weighted by atomic mass is 32.2. The van der Waals surface area contributed by atoms with E-state index < -0.39 is 12.6 Å². The SMILES string of the molecule is CC(C)NC(=O)CSc1ccccc1C(=O)OCC(=O)c1ccc2c(c1)OCO2. The molecule has 0 bridgehead atoms. The van der Waals surface area contributed by atoms with E-state index in [0.29, 0.717) is 27.5 Å². The summed E-state index contributed by atoms with van der Waals surface area (Å²) in [6.45, 7) is 3.48. The van der Waals surface area contributed by atoms with Crippen LogP contribution < -0.4 is 14.8 Å². The molecule has 0 atom stereocenters. The maximum Gasteiger partial charge on any atom is 0.339 e. The van der Waals surface area contributed by atoms with E-state index in [1.807, 2.05) is 13.8 Å². The van der Waals surface area contributed by atoms with Crippen LogP contribution in [0.25, 0.3) is 0 Å². The standard InChI is InChI=1S/C21H21NO6S/c1-13(2)22-20(24)11-29-19-6-4-3-5-15(19)21(25)26-10-16(23)14-7-8-17-18(9-14)28-12-27-17/h3-9,13H,10-12H2,1-2H3,(H,22,24). The van der Waals surface area contributed by atoms with Gasteiger partial charge in [-0.25, -0.2) is 4.79 Å². The Kier molecular flexibility index (Phi) is 6.77. The van der Waals surface area contributed by atoms with Crippen LogP contribution in [0, 0.1) is 0 Å². The Labute approximate surface area is 172 Å². The van der Waals surface area contributed by atoms with Crippen LogP contribution >= 0.6 is 11.8 Å². The first-order valence-corrected chi connectivity index (χ1v) is 10.0. The second-order valence-corrected chi connectivity index (χ2v) is 7.59. The number of thioether (sulfide) groups is 1. The van der Waals surface area contributed by atoms with Gasteiger partial charge in [0.05, 0.1) is 11.3 Å². The smallest absolute Gasteiger partial charge is 0.339 e. The van der Waals surface area contributed by atoms with Crippen LogP contribution in [0.4, 0.5) is 0 Å². The van der Waals surface area contributed by atoms with E-state index in [1.165, 1.54) is 11.8 Å². The van der Waals surface area contributed by atoms with Gasteiger partial charge in [-0.3, -0.25) is 9.59 Å². The second kappa shape index (κ2) is 9.47. The summed E-state index contributed by atoms with van der Waals surface area (Å²) in [7, 11) is 0. The fourth-order valence-corrected chi connectivity index (χ4v) is 3.48. The summed E-state index contributed by atoms with van der Waals surface area (Å²) in [5.41, 5.74) is 0.684. The molecule has 0 fully saturated rings. The zero-order chi connectivity index (χ0) is 20.8. The minimum Gasteiger partial charge on any atom is -0.454 e. The van der Waals surface area contributed by atoms with Crippen LogP contribution in [-0.2, 0) is 9.53 Å². The Hall–Kier alpha value is -3.00. The number of esters is 1. The summed E-state index contributed by atoms with van der Waals surface area (Å²) in [6, 6.07) is 11.7. The molecule has 0 saturated carbocycles. The number of rotatable bonds is 8. The quantitative estimate of drug-likeness (QED) is 0.402. The number of amides is 1. The molecule has 1 amide bonds. The van der Waals surface area contributed by atoms with Crippen LogP contribution in [0.15, 0.2) is 47.4 Å². The number of ketones is 1. The Morgan fingerprint density at radius 3 is 2.66 bits per heavy atom. The summed E-state index contributed by atoms with van der Waals surface area (Å²) in [6.07, 6.45) is 0. The van der Waals surface area contributed by atoms with Gasteiger partial charge in [0.2, 0.25) is 12.7 Å². The first-order chi connectivity index (χ1) is 13.9. The molecule has 1 aliphatic heterocycles. The molecular formula is C21H21NO6S. The molecule has 1 heterocycles. The van der Waals surface area contributed by atoms with Crippen molar-refractivity contribution < 1.29 is 28.6 Å². The average molecular weight is 415 g/mol. The molecule has 7 nitrogen and oxygen atoms in total. The van der Waals surface area contributed by atoms with Crippen molar-refractivity contribution in [2.75, 3.05) is 19.2 Å². The molecule has 1 N–H and O–H groups in total. The second-order valence-electron chi connectivity index (χ2n) is 6.57. The average Bonchev–Trinajstić information content (AvgIpc) is 3.17. The number of hydrogen-bond acceptors (Lipinski definition) is 7. The van der Waals surface area contributed by atoms with E-state index in [4.69, 9.17) is 14.2 Å². The molecule has 0 radical (unpaired) electrons. The lowest BCUT2D eigenvalue weighted by Gasteiger charge is -2.11. The maximum atomic E-state index is 12.5. The first-order valence-electron chi connectivity index (χ1n) is 9.05. The fourth-order valence-electron chi connectivity index (χ4n) is 2.63. The highest BCUT2D eigenvalue weighted by Crippen LogP contribution is 2.32. The molecule has 0 aliphatic carbocycles. The molecule has 29 heavy (non-hydrogen) atoms. The molecule has 1 aliphatic rings. The molecule has 0 aromatic heterocycles. The summed E-state index contributed by atoms with van der Waals surface area (Å²) in [4.78, 5) is 37.3. The number of carbonyl (C=O) groups is 3. The van der Waals surface area contributed by atoms with Crippen LogP contribution in [-0.4, -0.2) is 42.9 Å². The Bertz CT molecular complexity index is 927. The lowest BCUT2D eigenvalue weighted by atomic mass is 10.1. The maximum absolute atomic E-state index is 12.5. The highest BCUT2D eigenvalue weighted by Gasteiger charge is 2.19. The van der Waals surface area contributed by atoms with Crippen LogP contribution in [0.1, 0.15) is 34.6 Å². The van der Waals surface area contributed by atoms with Crippen molar-refractivity contribution in [3.05, 3.63) is 53.6 Å². The van der Waals surface area contributed by atoms with Gasteiger partial charge in [-0.1, -0.05) is 12.1 Å². The van der Waals surface area contributed by atoms with Crippen LogP contribution in [0.3, 0.4) is 0 Å². The van der Waals surface area contributed by atoms with Crippen molar-refractivity contribution in [2.45, 2.75) is 24.8 Å². The minimum absolute atomic E-state index is 0.0468. The van der Waals surface area contributed by atoms with Crippen molar-refractivity contribution in [1.82, 2.24) is 5.32 Å². The molecule has 0 unspecified atom stereocenters. The number of fused-ring (bicyclic) bond motifs is 1. The van der Waals surface area contributed by atoms with Gasteiger partial charge in [0.1, 0.15) is 0 Å². The van der Waals surface area contributed by atoms with Crippen molar-refractivity contribution in [3.63, 3.8) is 0 Å². The van der Waals surface area contributed by atoms with Crippen LogP contribution in [0.2, 0.25) is 0 Å². The van der Waals surface area contributed by atoms with E-state index >= 15 is 0 Å². The number of benzene rings is 2. The molecule has 3 rings (SSSR count). The summed E-state index contributed by atoms with van der Waals surface area (Å²) >= 11 is 1.24. The van der Waals surface area contributed by atoms with Gasteiger partial charge in [-0.15, -0.1) is 11.8 Å². The van der Waals surface area contributed by atoms with Crippen molar-refractivity contribution >= 4 is 29.4 Å². The molecule has 2 aromatic carbocycles. The van der Waals surface area contributed by atoms with E-state index in [-0.39, 0.29) is 30.3 Å². The fraction of sp³-hybridized carbons (Fsp3) is 0.286. The predicted octanol–water partition coefficient (Wildman–Crippen LogP) is 3.07. The first kappa shape index (κ1) is 20.7. The van der Waals surface area contributed by atoms with Gasteiger partial charge in [-0.05, 0) is 44.2 Å². The monoisotopic (exact) mass is 415 g/mol. The summed E-state index contributed by atoms with van der Waals surface area (Å²) in [5, 5.41) is 2.80. The number of carbonyl (C=O) groups excluding carboxylic acids is 3. The third-order valence-corrected chi connectivity index (χ3v) is 5.02. The number of nitrogens with one attached hydrogen (secondary N) is 1. The van der Waals surface area contributed by atoms with E-state index in [9.17, 15) is 14.4 Å². The van der Waals surface area contributed by atoms with Gasteiger partial charge in [0.15, 0.2) is 23.9 Å². The van der Waals surface area contributed by atoms with Gasteiger partial charge in [0, 0.05) is 16.5 Å². The van der Waals surface area contributed by atoms with Gasteiger partial charge in [0.25, 0.3) is 0 Å². The van der Waals surface area contributed by atoms with E-state index in [1.54, 1.807) is 42.5 Å². The van der Waals surface area contributed by atoms with Crippen molar-refractivity contribution in [2.24, 2.45) is 0 Å². The molecule has 2 aromatic rings. The van der Waals surface area contributed by atoms with E-state index in [2.05, 4.69) is 5.32 Å². The lowest BCUT2D eigenvalue weighted by molar-refractivity contribution is -0.119. The zero-order valence-corrected chi connectivity index (χ0v) is 16.9. The van der Waals surface area contributed by atoms with E-state index in [0.717, 1.165) is 0 Å². The summed E-state index contributed by atoms with van der Waals surface area (Å²) in [5.74, 6) is 0.156. The third-order valence-electron chi connectivity index (χ3n) is 3.94. The van der Waals surface area contributed by atoms with Crippen molar-refractivity contribution in [3.8, 4) is 11.5 Å². The normalized spacial score (nSPS) is 12.0. The molecule has 152 valence electrons. The minimum atomic E-state index is -0.619. The summed E-state index contributed by atoms with van der Waals surface area (Å²) < 4.78 is 15.7. The largest absolute Gasteiger partial charge is 0.454 e. The lowest BCUT2D eigenvalue weighted by Crippen LogP contribution is -2.31. The third kappa shape index (κ3) is 5.51.